The highest BCUT2D eigenvalue weighted by molar-refractivity contribution is 5.95. The van der Waals surface area contributed by atoms with Crippen LogP contribution in [0.4, 0.5) is 0 Å². The average Bonchev–Trinajstić information content (AvgIpc) is 3.35. The van der Waals surface area contributed by atoms with Gasteiger partial charge in [0.15, 0.2) is 11.6 Å². The first kappa shape index (κ1) is 18.1. The first-order valence-corrected chi connectivity index (χ1v) is 11.6. The van der Waals surface area contributed by atoms with Gasteiger partial charge in [-0.2, -0.15) is 0 Å². The summed E-state index contributed by atoms with van der Waals surface area (Å²) in [7, 11) is 0. The lowest BCUT2D eigenvalue weighted by molar-refractivity contribution is -0.198. The molecule has 0 N–H and O–H groups in total. The maximum Gasteiger partial charge on any atom is 0.171 e. The maximum absolute atomic E-state index is 6.58. The van der Waals surface area contributed by atoms with Crippen LogP contribution in [-0.4, -0.2) is 36.0 Å². The van der Waals surface area contributed by atoms with Gasteiger partial charge in [0.25, 0.3) is 0 Å². The Bertz CT molecular complexity index is 957. The minimum Gasteiger partial charge on any atom is -0.344 e. The summed E-state index contributed by atoms with van der Waals surface area (Å²) >= 11 is 0. The van der Waals surface area contributed by atoms with E-state index in [1.165, 1.54) is 21.9 Å². The molecule has 2 aromatic carbocycles. The Labute approximate surface area is 177 Å². The van der Waals surface area contributed by atoms with Crippen LogP contribution < -0.4 is 0 Å². The Morgan fingerprint density at radius 2 is 0.967 bits per heavy atom. The zero-order chi connectivity index (χ0) is 20.5. The Balaban J connectivity index is 1.45. The zero-order valence-electron chi connectivity index (χ0n) is 18.2. The molecule has 0 amide bonds. The van der Waals surface area contributed by atoms with Gasteiger partial charge in [0, 0.05) is 36.5 Å². The summed E-state index contributed by atoms with van der Waals surface area (Å²) in [5.41, 5.74) is 2.74. The predicted octanol–water partition coefficient (Wildman–Crippen LogP) is 4.96. The normalized spacial score (nSPS) is 44.4. The van der Waals surface area contributed by atoms with E-state index >= 15 is 0 Å². The molecule has 0 aromatic heterocycles. The van der Waals surface area contributed by atoms with Gasteiger partial charge in [-0.1, -0.05) is 36.4 Å². The SMILES string of the molecule is C[C@H]1OC2(CC34CC5(CC3(C2)c2cccc3cccc4c23)O[C@H](C)[C@@H](C)O5)O[C@@H]1C. The van der Waals surface area contributed by atoms with Crippen LogP contribution in [0, 0.1) is 0 Å². The van der Waals surface area contributed by atoms with Gasteiger partial charge in [-0.25, -0.2) is 0 Å². The lowest BCUT2D eigenvalue weighted by Gasteiger charge is -2.34. The van der Waals surface area contributed by atoms with E-state index < -0.39 is 11.6 Å². The summed E-state index contributed by atoms with van der Waals surface area (Å²) in [4.78, 5) is 0. The summed E-state index contributed by atoms with van der Waals surface area (Å²) in [5, 5.41) is 2.79. The van der Waals surface area contributed by atoms with Gasteiger partial charge in [-0.05, 0) is 49.6 Å². The molecule has 0 bridgehead atoms. The largest absolute Gasteiger partial charge is 0.344 e. The Morgan fingerprint density at radius 1 is 0.600 bits per heavy atom. The van der Waals surface area contributed by atoms with E-state index in [1.54, 1.807) is 0 Å². The molecule has 7 rings (SSSR count). The molecule has 2 spiro atoms. The van der Waals surface area contributed by atoms with Crippen LogP contribution in [0.3, 0.4) is 0 Å². The quantitative estimate of drug-likeness (QED) is 0.620. The monoisotopic (exact) mass is 406 g/mol. The molecule has 4 atom stereocenters. The predicted molar refractivity (Wildman–Crippen MR) is 113 cm³/mol. The second-order valence-electron chi connectivity index (χ2n) is 10.7. The average molecular weight is 407 g/mol. The minimum atomic E-state index is -0.508. The fourth-order valence-electron chi connectivity index (χ4n) is 7.93. The van der Waals surface area contributed by atoms with Crippen LogP contribution >= 0.6 is 0 Å². The topological polar surface area (TPSA) is 36.9 Å². The fourth-order valence-corrected chi connectivity index (χ4v) is 7.93. The molecule has 4 fully saturated rings. The molecule has 4 nitrogen and oxygen atoms in total. The standard InChI is InChI=1S/C26H30O4/c1-15-16(2)28-25(27-15)11-23-13-26(29-17(3)18(4)30-26)14-24(23,12-25)21-10-6-8-19-7-5-9-20(23)22(19)21/h5-10,15-18H,11-14H2,1-4H3/t15-,16-,17-,18-,23?,24?/m1/s1. The van der Waals surface area contributed by atoms with Crippen molar-refractivity contribution in [3.05, 3.63) is 47.5 Å². The van der Waals surface area contributed by atoms with Crippen molar-refractivity contribution in [2.45, 2.75) is 100 Å². The third-order valence-electron chi connectivity index (χ3n) is 9.06. The Morgan fingerprint density at radius 3 is 1.33 bits per heavy atom. The highest BCUT2D eigenvalue weighted by Gasteiger charge is 2.78. The van der Waals surface area contributed by atoms with E-state index in [0.29, 0.717) is 0 Å². The summed E-state index contributed by atoms with van der Waals surface area (Å²) < 4.78 is 26.3. The van der Waals surface area contributed by atoms with Crippen LogP contribution in [0.5, 0.6) is 0 Å². The number of hydrogen-bond donors (Lipinski definition) is 0. The van der Waals surface area contributed by atoms with E-state index in [4.69, 9.17) is 18.9 Å². The van der Waals surface area contributed by atoms with Gasteiger partial charge in [0.05, 0.1) is 24.4 Å². The molecule has 5 aliphatic rings. The second kappa shape index (κ2) is 5.29. The van der Waals surface area contributed by atoms with Crippen LogP contribution in [0.2, 0.25) is 0 Å². The van der Waals surface area contributed by atoms with Gasteiger partial charge >= 0.3 is 0 Å². The van der Waals surface area contributed by atoms with Crippen molar-refractivity contribution < 1.29 is 18.9 Å². The first-order chi connectivity index (χ1) is 14.3. The van der Waals surface area contributed by atoms with Crippen molar-refractivity contribution in [1.29, 1.82) is 0 Å². The smallest absolute Gasteiger partial charge is 0.171 e. The highest BCUT2D eigenvalue weighted by atomic mass is 16.8. The number of benzene rings is 2. The lowest BCUT2D eigenvalue weighted by Crippen LogP contribution is -2.37. The molecule has 2 saturated carbocycles. The lowest BCUT2D eigenvalue weighted by atomic mass is 9.66. The van der Waals surface area contributed by atoms with Crippen LogP contribution in [0.15, 0.2) is 36.4 Å². The van der Waals surface area contributed by atoms with Gasteiger partial charge in [-0.3, -0.25) is 0 Å². The van der Waals surface area contributed by atoms with Crippen LogP contribution in [0.1, 0.15) is 64.5 Å². The molecule has 30 heavy (non-hydrogen) atoms. The molecular formula is C26H30O4. The van der Waals surface area contributed by atoms with E-state index in [2.05, 4.69) is 64.1 Å². The molecule has 2 heterocycles. The van der Waals surface area contributed by atoms with Crippen molar-refractivity contribution in [2.75, 3.05) is 0 Å². The molecular weight excluding hydrogens is 376 g/mol. The number of ether oxygens (including phenoxy) is 4. The van der Waals surface area contributed by atoms with E-state index in [9.17, 15) is 0 Å². The second-order valence-corrected chi connectivity index (χ2v) is 10.7. The van der Waals surface area contributed by atoms with Crippen molar-refractivity contribution in [3.63, 3.8) is 0 Å². The molecule has 2 aliphatic heterocycles. The van der Waals surface area contributed by atoms with Gasteiger partial charge in [0.1, 0.15) is 0 Å². The third-order valence-corrected chi connectivity index (χ3v) is 9.06. The number of hydrogen-bond acceptors (Lipinski definition) is 4. The maximum atomic E-state index is 6.58. The van der Waals surface area contributed by atoms with Crippen molar-refractivity contribution in [3.8, 4) is 0 Å². The summed E-state index contributed by atoms with van der Waals surface area (Å²) in [6.45, 7) is 8.56. The highest BCUT2D eigenvalue weighted by Crippen LogP contribution is 2.76. The van der Waals surface area contributed by atoms with Gasteiger partial charge in [0.2, 0.25) is 0 Å². The van der Waals surface area contributed by atoms with Crippen molar-refractivity contribution >= 4 is 10.8 Å². The van der Waals surface area contributed by atoms with E-state index in [0.717, 1.165) is 25.7 Å². The third kappa shape index (κ3) is 1.90. The van der Waals surface area contributed by atoms with Crippen molar-refractivity contribution in [2.24, 2.45) is 0 Å². The fraction of sp³-hybridized carbons (Fsp3) is 0.615. The van der Waals surface area contributed by atoms with E-state index in [-0.39, 0.29) is 35.2 Å². The Kier molecular flexibility index (Phi) is 3.20. The summed E-state index contributed by atoms with van der Waals surface area (Å²) in [5.74, 6) is -1.02. The zero-order valence-corrected chi connectivity index (χ0v) is 18.2. The molecule has 0 radical (unpaired) electrons. The molecule has 0 unspecified atom stereocenters. The first-order valence-electron chi connectivity index (χ1n) is 11.6. The molecule has 2 saturated heterocycles. The summed E-state index contributed by atoms with van der Waals surface area (Å²) in [6.07, 6.45) is 3.99. The van der Waals surface area contributed by atoms with Crippen LogP contribution in [0.25, 0.3) is 10.8 Å². The van der Waals surface area contributed by atoms with Crippen LogP contribution in [-0.2, 0) is 29.8 Å². The Hall–Kier alpha value is -1.46. The number of rotatable bonds is 0. The van der Waals surface area contributed by atoms with Crippen molar-refractivity contribution in [1.82, 2.24) is 0 Å². The molecule has 2 aromatic rings. The molecule has 4 heteroatoms. The molecule has 3 aliphatic carbocycles. The summed E-state index contributed by atoms with van der Waals surface area (Å²) in [6, 6.07) is 13.6. The van der Waals surface area contributed by atoms with Gasteiger partial charge in [-0.15, -0.1) is 0 Å². The van der Waals surface area contributed by atoms with Gasteiger partial charge < -0.3 is 18.9 Å². The van der Waals surface area contributed by atoms with E-state index in [1.807, 2.05) is 0 Å². The molecule has 158 valence electrons. The minimum absolute atomic E-state index is 0.0796.